The summed E-state index contributed by atoms with van der Waals surface area (Å²) < 4.78 is 11.3. The van der Waals surface area contributed by atoms with Crippen molar-refractivity contribution in [3.05, 3.63) is 35.9 Å². The molecule has 0 heterocycles. The molecular weight excluding hydrogens is 264 g/mol. The van der Waals surface area contributed by atoms with Crippen LogP contribution in [0.25, 0.3) is 0 Å². The quantitative estimate of drug-likeness (QED) is 0.734. The maximum atomic E-state index is 12.2. The lowest BCUT2D eigenvalue weighted by Gasteiger charge is -2.31. The average Bonchev–Trinajstić information content (AvgIpc) is 2.54. The Balaban J connectivity index is 2.07. The minimum absolute atomic E-state index is 0.165. The topological polar surface area (TPSA) is 35.5 Å². The monoisotopic (exact) mass is 290 g/mol. The highest BCUT2D eigenvalue weighted by Gasteiger charge is 2.29. The zero-order valence-corrected chi connectivity index (χ0v) is 13.1. The number of benzene rings is 1. The molecule has 1 aliphatic rings. The normalized spacial score (nSPS) is 23.5. The van der Waals surface area contributed by atoms with Crippen molar-refractivity contribution < 1.29 is 14.3 Å². The molecule has 1 aliphatic carbocycles. The Kier molecular flexibility index (Phi) is 6.24. The summed E-state index contributed by atoms with van der Waals surface area (Å²) in [4.78, 5) is 12.2. The third kappa shape index (κ3) is 4.57. The van der Waals surface area contributed by atoms with Crippen LogP contribution in [0.15, 0.2) is 30.3 Å². The van der Waals surface area contributed by atoms with E-state index >= 15 is 0 Å². The fraction of sp³-hybridized carbons (Fsp3) is 0.611. The number of esters is 1. The van der Waals surface area contributed by atoms with Gasteiger partial charge in [0.1, 0.15) is 0 Å². The van der Waals surface area contributed by atoms with E-state index in [9.17, 15) is 4.79 Å². The molecule has 0 aliphatic heterocycles. The second-order valence-electron chi connectivity index (χ2n) is 5.74. The molecule has 1 aromatic carbocycles. The smallest absolute Gasteiger partial charge is 0.339 e. The van der Waals surface area contributed by atoms with Gasteiger partial charge in [-0.15, -0.1) is 0 Å². The molecule has 3 heteroatoms. The van der Waals surface area contributed by atoms with Crippen LogP contribution in [0, 0.1) is 5.92 Å². The lowest BCUT2D eigenvalue weighted by atomic mass is 9.85. The van der Waals surface area contributed by atoms with Gasteiger partial charge in [-0.1, -0.05) is 56.5 Å². The Hall–Kier alpha value is -1.35. The first-order chi connectivity index (χ1) is 10.2. The molecular formula is C18H26O3. The van der Waals surface area contributed by atoms with Gasteiger partial charge in [0.25, 0.3) is 0 Å². The van der Waals surface area contributed by atoms with E-state index in [1.54, 1.807) is 0 Å². The molecule has 3 atom stereocenters. The summed E-state index contributed by atoms with van der Waals surface area (Å²) in [6.07, 6.45) is 5.33. The van der Waals surface area contributed by atoms with Crippen molar-refractivity contribution in [2.24, 2.45) is 5.92 Å². The van der Waals surface area contributed by atoms with Crippen LogP contribution in [-0.2, 0) is 14.3 Å². The molecule has 0 saturated heterocycles. The van der Waals surface area contributed by atoms with Gasteiger partial charge in [-0.25, -0.2) is 4.79 Å². The van der Waals surface area contributed by atoms with Crippen molar-refractivity contribution in [1.82, 2.24) is 0 Å². The van der Waals surface area contributed by atoms with Crippen molar-refractivity contribution in [3.8, 4) is 0 Å². The van der Waals surface area contributed by atoms with Crippen LogP contribution in [0.5, 0.6) is 0 Å². The molecule has 3 nitrogen and oxygen atoms in total. The van der Waals surface area contributed by atoms with Gasteiger partial charge in [0.15, 0.2) is 6.10 Å². The summed E-state index contributed by atoms with van der Waals surface area (Å²) in [6.45, 7) is 4.44. The van der Waals surface area contributed by atoms with Crippen LogP contribution < -0.4 is 0 Å². The molecule has 0 radical (unpaired) electrons. The molecule has 1 fully saturated rings. The zero-order chi connectivity index (χ0) is 15.1. The first-order valence-electron chi connectivity index (χ1n) is 8.11. The predicted molar refractivity (Wildman–Crippen MR) is 82.9 cm³/mol. The SMILES string of the molecule is CCOC(=O)C(OC1CCCC(CC)C1)c1ccccc1. The first-order valence-corrected chi connectivity index (χ1v) is 8.11. The molecule has 21 heavy (non-hydrogen) atoms. The second kappa shape index (κ2) is 8.18. The minimum atomic E-state index is -0.591. The number of rotatable bonds is 6. The Bertz CT molecular complexity index is 429. The molecule has 0 amide bonds. The number of ether oxygens (including phenoxy) is 2. The second-order valence-corrected chi connectivity index (χ2v) is 5.74. The van der Waals surface area contributed by atoms with Gasteiger partial charge >= 0.3 is 5.97 Å². The van der Waals surface area contributed by atoms with E-state index < -0.39 is 6.10 Å². The molecule has 1 saturated carbocycles. The molecule has 0 aromatic heterocycles. The Morgan fingerprint density at radius 1 is 1.24 bits per heavy atom. The minimum Gasteiger partial charge on any atom is -0.464 e. The van der Waals surface area contributed by atoms with Crippen LogP contribution in [0.2, 0.25) is 0 Å². The van der Waals surface area contributed by atoms with Gasteiger partial charge < -0.3 is 9.47 Å². The number of carbonyl (C=O) groups is 1. The molecule has 3 unspecified atom stereocenters. The highest BCUT2D eigenvalue weighted by Crippen LogP contribution is 2.32. The van der Waals surface area contributed by atoms with Crippen LogP contribution >= 0.6 is 0 Å². The van der Waals surface area contributed by atoms with Crippen molar-refractivity contribution in [3.63, 3.8) is 0 Å². The summed E-state index contributed by atoms with van der Waals surface area (Å²) in [7, 11) is 0. The number of hydrogen-bond donors (Lipinski definition) is 0. The highest BCUT2D eigenvalue weighted by atomic mass is 16.6. The van der Waals surface area contributed by atoms with Crippen LogP contribution in [-0.4, -0.2) is 18.7 Å². The molecule has 0 bridgehead atoms. The van der Waals surface area contributed by atoms with E-state index in [-0.39, 0.29) is 12.1 Å². The van der Waals surface area contributed by atoms with Gasteiger partial charge in [0, 0.05) is 0 Å². The first kappa shape index (κ1) is 16.0. The largest absolute Gasteiger partial charge is 0.464 e. The van der Waals surface area contributed by atoms with E-state index in [1.807, 2.05) is 37.3 Å². The lowest BCUT2D eigenvalue weighted by molar-refractivity contribution is -0.163. The summed E-state index contributed by atoms with van der Waals surface area (Å²) >= 11 is 0. The van der Waals surface area contributed by atoms with Gasteiger partial charge in [-0.05, 0) is 31.2 Å². The van der Waals surface area contributed by atoms with E-state index in [2.05, 4.69) is 6.92 Å². The Morgan fingerprint density at radius 2 is 2.00 bits per heavy atom. The maximum absolute atomic E-state index is 12.2. The van der Waals surface area contributed by atoms with Crippen LogP contribution in [0.3, 0.4) is 0 Å². The van der Waals surface area contributed by atoms with Crippen molar-refractivity contribution in [1.29, 1.82) is 0 Å². The maximum Gasteiger partial charge on any atom is 0.339 e. The number of carbonyl (C=O) groups excluding carboxylic acids is 1. The Morgan fingerprint density at radius 3 is 2.67 bits per heavy atom. The summed E-state index contributed by atoms with van der Waals surface area (Å²) in [6, 6.07) is 9.67. The third-order valence-corrected chi connectivity index (χ3v) is 4.24. The van der Waals surface area contributed by atoms with Gasteiger partial charge in [-0.3, -0.25) is 0 Å². The molecule has 0 spiro atoms. The molecule has 1 aromatic rings. The van der Waals surface area contributed by atoms with E-state index in [0.29, 0.717) is 6.61 Å². The fourth-order valence-corrected chi connectivity index (χ4v) is 3.04. The van der Waals surface area contributed by atoms with Crippen molar-refractivity contribution in [2.75, 3.05) is 6.61 Å². The number of hydrogen-bond acceptors (Lipinski definition) is 3. The molecule has 116 valence electrons. The Labute approximate surface area is 127 Å². The van der Waals surface area contributed by atoms with E-state index in [1.165, 1.54) is 19.3 Å². The van der Waals surface area contributed by atoms with Crippen LogP contribution in [0.4, 0.5) is 0 Å². The van der Waals surface area contributed by atoms with Gasteiger partial charge in [0.2, 0.25) is 0 Å². The summed E-state index contributed by atoms with van der Waals surface area (Å²) in [5, 5.41) is 0. The average molecular weight is 290 g/mol. The standard InChI is InChI=1S/C18H26O3/c1-3-14-9-8-12-16(13-14)21-17(18(19)20-4-2)15-10-6-5-7-11-15/h5-7,10-11,14,16-17H,3-4,8-9,12-13H2,1-2H3. The van der Waals surface area contributed by atoms with Gasteiger partial charge in [0.05, 0.1) is 12.7 Å². The molecule has 2 rings (SSSR count). The predicted octanol–water partition coefficient (Wildman–Crippen LogP) is 4.28. The van der Waals surface area contributed by atoms with Crippen molar-refractivity contribution in [2.45, 2.75) is 58.2 Å². The highest BCUT2D eigenvalue weighted by molar-refractivity contribution is 5.76. The van der Waals surface area contributed by atoms with Crippen LogP contribution in [0.1, 0.15) is 57.6 Å². The molecule has 0 N–H and O–H groups in total. The van der Waals surface area contributed by atoms with E-state index in [0.717, 1.165) is 24.3 Å². The zero-order valence-electron chi connectivity index (χ0n) is 13.1. The van der Waals surface area contributed by atoms with Gasteiger partial charge in [-0.2, -0.15) is 0 Å². The summed E-state index contributed by atoms with van der Waals surface area (Å²) in [5.74, 6) is 0.449. The van der Waals surface area contributed by atoms with Crippen molar-refractivity contribution >= 4 is 5.97 Å². The lowest BCUT2D eigenvalue weighted by Crippen LogP contribution is -2.28. The summed E-state index contributed by atoms with van der Waals surface area (Å²) in [5.41, 5.74) is 0.884. The fourth-order valence-electron chi connectivity index (χ4n) is 3.04. The third-order valence-electron chi connectivity index (χ3n) is 4.24. The van der Waals surface area contributed by atoms with E-state index in [4.69, 9.17) is 9.47 Å².